The zero-order valence-electron chi connectivity index (χ0n) is 9.76. The number of aromatic carboxylic acids is 1. The standard InChI is InChI=1S/C12H15F2NO2/c1-3-4-7(2)15-11-9(13)5-8(12(16)17)6-10(11)14/h5-7,15H,3-4H2,1-2H3,(H,16,17). The lowest BCUT2D eigenvalue weighted by Crippen LogP contribution is -2.17. The van der Waals surface area contributed by atoms with Gasteiger partial charge in [-0.25, -0.2) is 13.6 Å². The Labute approximate surface area is 98.5 Å². The fourth-order valence-corrected chi connectivity index (χ4v) is 1.59. The third-order valence-corrected chi connectivity index (χ3v) is 2.40. The number of carboxylic acid groups (broad SMARTS) is 1. The largest absolute Gasteiger partial charge is 0.478 e. The van der Waals surface area contributed by atoms with Crippen LogP contribution in [0.2, 0.25) is 0 Å². The molecule has 0 aliphatic heterocycles. The van der Waals surface area contributed by atoms with E-state index in [-0.39, 0.29) is 11.7 Å². The molecule has 0 heterocycles. The van der Waals surface area contributed by atoms with Gasteiger partial charge in [-0.3, -0.25) is 0 Å². The Kier molecular flexibility index (Phi) is 4.43. The fraction of sp³-hybridized carbons (Fsp3) is 0.417. The molecule has 1 rings (SSSR count). The van der Waals surface area contributed by atoms with Gasteiger partial charge in [0, 0.05) is 6.04 Å². The van der Waals surface area contributed by atoms with Crippen LogP contribution in [-0.2, 0) is 0 Å². The first kappa shape index (κ1) is 13.4. The van der Waals surface area contributed by atoms with E-state index < -0.39 is 23.2 Å². The van der Waals surface area contributed by atoms with E-state index in [4.69, 9.17) is 5.11 Å². The molecule has 0 aliphatic rings. The van der Waals surface area contributed by atoms with E-state index in [0.717, 1.165) is 25.0 Å². The maximum absolute atomic E-state index is 13.5. The van der Waals surface area contributed by atoms with Crippen molar-refractivity contribution < 1.29 is 18.7 Å². The Hall–Kier alpha value is -1.65. The van der Waals surface area contributed by atoms with Gasteiger partial charge in [0.05, 0.1) is 5.56 Å². The summed E-state index contributed by atoms with van der Waals surface area (Å²) in [6.45, 7) is 3.78. The zero-order valence-corrected chi connectivity index (χ0v) is 9.76. The summed E-state index contributed by atoms with van der Waals surface area (Å²) in [6, 6.07) is 1.55. The van der Waals surface area contributed by atoms with Crippen LogP contribution in [0.3, 0.4) is 0 Å². The third-order valence-electron chi connectivity index (χ3n) is 2.40. The highest BCUT2D eigenvalue weighted by atomic mass is 19.1. The van der Waals surface area contributed by atoms with Gasteiger partial charge in [-0.15, -0.1) is 0 Å². The molecule has 0 radical (unpaired) electrons. The van der Waals surface area contributed by atoms with E-state index in [1.54, 1.807) is 0 Å². The highest BCUT2D eigenvalue weighted by molar-refractivity contribution is 5.88. The predicted octanol–water partition coefficient (Wildman–Crippen LogP) is 3.26. The van der Waals surface area contributed by atoms with Gasteiger partial charge in [-0.05, 0) is 25.5 Å². The average Bonchev–Trinajstić information content (AvgIpc) is 2.23. The molecule has 1 aromatic rings. The van der Waals surface area contributed by atoms with Gasteiger partial charge in [-0.2, -0.15) is 0 Å². The summed E-state index contributed by atoms with van der Waals surface area (Å²) in [6.07, 6.45) is 1.67. The second-order valence-electron chi connectivity index (χ2n) is 3.95. The Morgan fingerprint density at radius 1 is 1.41 bits per heavy atom. The SMILES string of the molecule is CCCC(C)Nc1c(F)cc(C(=O)O)cc1F. The number of halogens is 2. The number of hydrogen-bond acceptors (Lipinski definition) is 2. The van der Waals surface area contributed by atoms with Gasteiger partial charge in [0.1, 0.15) is 17.3 Å². The topological polar surface area (TPSA) is 49.3 Å². The molecule has 0 fully saturated rings. The summed E-state index contributed by atoms with van der Waals surface area (Å²) in [7, 11) is 0. The van der Waals surface area contributed by atoms with Gasteiger partial charge in [0.2, 0.25) is 0 Å². The molecule has 0 aromatic heterocycles. The van der Waals surface area contributed by atoms with Crippen molar-refractivity contribution in [3.8, 4) is 0 Å². The maximum Gasteiger partial charge on any atom is 0.335 e. The van der Waals surface area contributed by atoms with Crippen molar-refractivity contribution in [2.75, 3.05) is 5.32 Å². The van der Waals surface area contributed by atoms with Crippen molar-refractivity contribution >= 4 is 11.7 Å². The molecule has 94 valence electrons. The van der Waals surface area contributed by atoms with Crippen LogP contribution < -0.4 is 5.32 Å². The number of anilines is 1. The lowest BCUT2D eigenvalue weighted by Gasteiger charge is -2.15. The van der Waals surface area contributed by atoms with E-state index in [1.165, 1.54) is 0 Å². The van der Waals surface area contributed by atoms with Crippen LogP contribution in [0.15, 0.2) is 12.1 Å². The zero-order chi connectivity index (χ0) is 13.0. The second-order valence-corrected chi connectivity index (χ2v) is 3.95. The number of nitrogens with one attached hydrogen (secondary N) is 1. The minimum Gasteiger partial charge on any atom is -0.478 e. The fourth-order valence-electron chi connectivity index (χ4n) is 1.59. The van der Waals surface area contributed by atoms with Crippen molar-refractivity contribution in [3.63, 3.8) is 0 Å². The quantitative estimate of drug-likeness (QED) is 0.834. The average molecular weight is 243 g/mol. The third kappa shape index (κ3) is 3.41. The highest BCUT2D eigenvalue weighted by Crippen LogP contribution is 2.22. The Morgan fingerprint density at radius 2 is 1.94 bits per heavy atom. The summed E-state index contributed by atoms with van der Waals surface area (Å²) in [5.74, 6) is -3.12. The lowest BCUT2D eigenvalue weighted by molar-refractivity contribution is 0.0696. The Bertz CT molecular complexity index is 398. The van der Waals surface area contributed by atoms with Gasteiger partial charge in [-0.1, -0.05) is 13.3 Å². The van der Waals surface area contributed by atoms with Crippen LogP contribution >= 0.6 is 0 Å². The number of rotatable bonds is 5. The molecule has 17 heavy (non-hydrogen) atoms. The number of hydrogen-bond donors (Lipinski definition) is 2. The van der Waals surface area contributed by atoms with Gasteiger partial charge in [0.15, 0.2) is 0 Å². The van der Waals surface area contributed by atoms with Crippen molar-refractivity contribution in [1.29, 1.82) is 0 Å². The summed E-state index contributed by atoms with van der Waals surface area (Å²) in [5.41, 5.74) is -0.662. The van der Waals surface area contributed by atoms with Crippen molar-refractivity contribution in [2.24, 2.45) is 0 Å². The first-order chi connectivity index (χ1) is 7.95. The van der Waals surface area contributed by atoms with Gasteiger partial charge in [0.25, 0.3) is 0 Å². The van der Waals surface area contributed by atoms with Crippen LogP contribution in [0.5, 0.6) is 0 Å². The van der Waals surface area contributed by atoms with E-state index >= 15 is 0 Å². The first-order valence-electron chi connectivity index (χ1n) is 5.44. The number of carbonyl (C=O) groups is 1. The molecule has 1 unspecified atom stereocenters. The van der Waals surface area contributed by atoms with E-state index in [9.17, 15) is 13.6 Å². The molecule has 0 bridgehead atoms. The van der Waals surface area contributed by atoms with Crippen LogP contribution in [0, 0.1) is 11.6 Å². The van der Waals surface area contributed by atoms with Crippen LogP contribution in [0.4, 0.5) is 14.5 Å². The Morgan fingerprint density at radius 3 is 2.35 bits per heavy atom. The molecule has 1 aromatic carbocycles. The second kappa shape index (κ2) is 5.61. The Balaban J connectivity index is 2.97. The van der Waals surface area contributed by atoms with Crippen LogP contribution in [0.1, 0.15) is 37.0 Å². The molecule has 0 saturated carbocycles. The van der Waals surface area contributed by atoms with E-state index in [0.29, 0.717) is 0 Å². The molecule has 3 nitrogen and oxygen atoms in total. The summed E-state index contributed by atoms with van der Waals surface area (Å²) < 4.78 is 27.0. The van der Waals surface area contributed by atoms with Crippen LogP contribution in [0.25, 0.3) is 0 Å². The first-order valence-corrected chi connectivity index (χ1v) is 5.44. The highest BCUT2D eigenvalue weighted by Gasteiger charge is 2.15. The smallest absolute Gasteiger partial charge is 0.335 e. The maximum atomic E-state index is 13.5. The van der Waals surface area contributed by atoms with E-state index in [2.05, 4.69) is 5.32 Å². The molecule has 2 N–H and O–H groups in total. The molecule has 0 saturated heterocycles. The minimum absolute atomic E-state index is 0.0697. The number of benzene rings is 1. The number of carboxylic acids is 1. The lowest BCUT2D eigenvalue weighted by atomic mass is 10.1. The monoisotopic (exact) mass is 243 g/mol. The molecule has 0 spiro atoms. The predicted molar refractivity (Wildman–Crippen MR) is 61.3 cm³/mol. The molecular weight excluding hydrogens is 228 g/mol. The summed E-state index contributed by atoms with van der Waals surface area (Å²) in [5, 5.41) is 11.3. The van der Waals surface area contributed by atoms with Crippen molar-refractivity contribution in [2.45, 2.75) is 32.7 Å². The van der Waals surface area contributed by atoms with Crippen molar-refractivity contribution in [3.05, 3.63) is 29.3 Å². The molecule has 0 aliphatic carbocycles. The van der Waals surface area contributed by atoms with Crippen molar-refractivity contribution in [1.82, 2.24) is 0 Å². The van der Waals surface area contributed by atoms with Gasteiger partial charge >= 0.3 is 5.97 Å². The summed E-state index contributed by atoms with van der Waals surface area (Å²) >= 11 is 0. The molecule has 5 heteroatoms. The van der Waals surface area contributed by atoms with Crippen LogP contribution in [-0.4, -0.2) is 17.1 Å². The minimum atomic E-state index is -1.35. The normalized spacial score (nSPS) is 12.2. The van der Waals surface area contributed by atoms with Gasteiger partial charge < -0.3 is 10.4 Å². The molecule has 1 atom stereocenters. The summed E-state index contributed by atoms with van der Waals surface area (Å²) in [4.78, 5) is 10.6. The van der Waals surface area contributed by atoms with E-state index in [1.807, 2.05) is 13.8 Å². The molecule has 0 amide bonds. The molecular formula is C12H15F2NO2.